The summed E-state index contributed by atoms with van der Waals surface area (Å²) in [6.45, 7) is 0. The van der Waals surface area contributed by atoms with Gasteiger partial charge in [-0.25, -0.2) is 4.98 Å². The summed E-state index contributed by atoms with van der Waals surface area (Å²) >= 11 is 3.25. The van der Waals surface area contributed by atoms with Gasteiger partial charge in [-0.2, -0.15) is 0 Å². The van der Waals surface area contributed by atoms with Crippen molar-refractivity contribution in [2.45, 2.75) is 0 Å². The second-order valence-corrected chi connectivity index (χ2v) is 4.65. The molecule has 0 unspecified atom stereocenters. The Kier molecular flexibility index (Phi) is 4.57. The molecule has 0 spiro atoms. The van der Waals surface area contributed by atoms with Crippen molar-refractivity contribution in [1.82, 2.24) is 4.98 Å². The highest BCUT2D eigenvalue weighted by Crippen LogP contribution is 2.31. The fraction of sp³-hybridized carbons (Fsp3) is 0.143. The second-order valence-electron chi connectivity index (χ2n) is 3.84. The minimum absolute atomic E-state index is 0.314. The van der Waals surface area contributed by atoms with Crippen LogP contribution in [0.3, 0.4) is 0 Å². The monoisotopic (exact) mass is 336 g/mol. The van der Waals surface area contributed by atoms with Crippen LogP contribution in [-0.2, 0) is 0 Å². The fourth-order valence-electron chi connectivity index (χ4n) is 1.73. The highest BCUT2D eigenvalue weighted by atomic mass is 79.9. The quantitative estimate of drug-likeness (QED) is 0.871. The molecule has 1 amide bonds. The molecule has 1 aromatic carbocycles. The van der Waals surface area contributed by atoms with Gasteiger partial charge in [0.05, 0.1) is 19.8 Å². The highest BCUT2D eigenvalue weighted by molar-refractivity contribution is 9.10. The first-order valence-corrected chi connectivity index (χ1v) is 6.60. The Morgan fingerprint density at radius 3 is 2.55 bits per heavy atom. The average molecular weight is 337 g/mol. The number of ether oxygens (including phenoxy) is 2. The Hall–Kier alpha value is -2.08. The first-order valence-electron chi connectivity index (χ1n) is 5.80. The summed E-state index contributed by atoms with van der Waals surface area (Å²) in [4.78, 5) is 16.4. The van der Waals surface area contributed by atoms with Gasteiger partial charge in [0.15, 0.2) is 11.5 Å². The predicted molar refractivity (Wildman–Crippen MR) is 79.4 cm³/mol. The summed E-state index contributed by atoms with van der Waals surface area (Å²) in [6, 6.07) is 10.4. The van der Waals surface area contributed by atoms with E-state index < -0.39 is 0 Å². The molecule has 0 saturated heterocycles. The molecule has 0 aliphatic heterocycles. The van der Waals surface area contributed by atoms with Gasteiger partial charge in [-0.15, -0.1) is 0 Å². The summed E-state index contributed by atoms with van der Waals surface area (Å²) in [6.07, 6.45) is 0. The average Bonchev–Trinajstić information content (AvgIpc) is 2.46. The molecule has 0 aliphatic rings. The van der Waals surface area contributed by atoms with Crippen LogP contribution < -0.4 is 14.8 Å². The number of carbonyl (C=O) groups is 1. The number of hydrogen-bond donors (Lipinski definition) is 1. The Morgan fingerprint density at radius 2 is 1.90 bits per heavy atom. The number of halogens is 1. The molecule has 0 saturated carbocycles. The number of para-hydroxylation sites is 1. The molecule has 104 valence electrons. The molecule has 0 bridgehead atoms. The van der Waals surface area contributed by atoms with Crippen molar-refractivity contribution in [3.8, 4) is 11.5 Å². The van der Waals surface area contributed by atoms with Crippen LogP contribution in [0.5, 0.6) is 11.5 Å². The van der Waals surface area contributed by atoms with Crippen LogP contribution in [0.25, 0.3) is 0 Å². The van der Waals surface area contributed by atoms with Crippen molar-refractivity contribution in [3.05, 3.63) is 46.6 Å². The van der Waals surface area contributed by atoms with Crippen LogP contribution >= 0.6 is 15.9 Å². The van der Waals surface area contributed by atoms with Crippen LogP contribution in [0.2, 0.25) is 0 Å². The maximum absolute atomic E-state index is 12.3. The minimum Gasteiger partial charge on any atom is -0.493 e. The van der Waals surface area contributed by atoms with Crippen molar-refractivity contribution < 1.29 is 14.3 Å². The zero-order valence-electron chi connectivity index (χ0n) is 11.0. The van der Waals surface area contributed by atoms with Crippen molar-refractivity contribution >= 4 is 27.7 Å². The van der Waals surface area contributed by atoms with E-state index in [2.05, 4.69) is 26.2 Å². The smallest absolute Gasteiger partial charge is 0.260 e. The number of carbonyl (C=O) groups excluding carboxylic acids is 1. The molecule has 1 aromatic heterocycles. The van der Waals surface area contributed by atoms with Crippen LogP contribution in [0, 0.1) is 0 Å². The SMILES string of the molecule is COc1cccc(C(=O)Nc2cccc(Br)n2)c1OC. The summed E-state index contributed by atoms with van der Waals surface area (Å²) in [5.74, 6) is 1.03. The summed E-state index contributed by atoms with van der Waals surface area (Å²) in [5, 5.41) is 2.71. The van der Waals surface area contributed by atoms with Crippen molar-refractivity contribution in [1.29, 1.82) is 0 Å². The molecule has 1 heterocycles. The van der Waals surface area contributed by atoms with Crippen LogP contribution in [0.15, 0.2) is 41.0 Å². The number of rotatable bonds is 4. The van der Waals surface area contributed by atoms with E-state index in [4.69, 9.17) is 9.47 Å². The van der Waals surface area contributed by atoms with Crippen LogP contribution in [0.4, 0.5) is 5.82 Å². The van der Waals surface area contributed by atoms with E-state index in [-0.39, 0.29) is 5.91 Å². The number of nitrogens with zero attached hydrogens (tertiary/aromatic N) is 1. The molecule has 2 rings (SSSR count). The largest absolute Gasteiger partial charge is 0.493 e. The number of amides is 1. The van der Waals surface area contributed by atoms with Gasteiger partial charge < -0.3 is 14.8 Å². The Morgan fingerprint density at radius 1 is 1.15 bits per heavy atom. The number of benzene rings is 1. The minimum atomic E-state index is -0.314. The third kappa shape index (κ3) is 3.08. The molecule has 6 heteroatoms. The van der Waals surface area contributed by atoms with Gasteiger partial charge in [0.2, 0.25) is 0 Å². The standard InChI is InChI=1S/C14H13BrN2O3/c1-19-10-6-3-5-9(13(10)20-2)14(18)17-12-8-4-7-11(15)16-12/h3-8H,1-2H3,(H,16,17,18). The van der Waals surface area contributed by atoms with E-state index in [1.54, 1.807) is 36.4 Å². The van der Waals surface area contributed by atoms with Crippen LogP contribution in [-0.4, -0.2) is 25.1 Å². The number of pyridine rings is 1. The molecule has 0 atom stereocenters. The molecular formula is C14H13BrN2O3. The van der Waals surface area contributed by atoms with E-state index in [9.17, 15) is 4.79 Å². The summed E-state index contributed by atoms with van der Waals surface area (Å²) < 4.78 is 11.0. The van der Waals surface area contributed by atoms with E-state index in [0.29, 0.717) is 27.5 Å². The number of hydrogen-bond acceptors (Lipinski definition) is 4. The van der Waals surface area contributed by atoms with Crippen molar-refractivity contribution in [3.63, 3.8) is 0 Å². The van der Waals surface area contributed by atoms with E-state index in [1.807, 2.05) is 0 Å². The Bertz CT molecular complexity index is 632. The van der Waals surface area contributed by atoms with Gasteiger partial charge in [0.1, 0.15) is 10.4 Å². The molecule has 2 aromatic rings. The van der Waals surface area contributed by atoms with Gasteiger partial charge in [-0.3, -0.25) is 4.79 Å². The van der Waals surface area contributed by atoms with Crippen molar-refractivity contribution in [2.75, 3.05) is 19.5 Å². The lowest BCUT2D eigenvalue weighted by Crippen LogP contribution is -2.14. The molecule has 0 aliphatic carbocycles. The second kappa shape index (κ2) is 6.38. The van der Waals surface area contributed by atoms with Gasteiger partial charge in [-0.05, 0) is 40.2 Å². The molecule has 0 radical (unpaired) electrons. The first-order chi connectivity index (χ1) is 9.65. The number of aromatic nitrogens is 1. The summed E-state index contributed by atoms with van der Waals surface area (Å²) in [7, 11) is 3.02. The highest BCUT2D eigenvalue weighted by Gasteiger charge is 2.16. The third-order valence-corrected chi connectivity index (χ3v) is 3.05. The number of methoxy groups -OCH3 is 2. The number of nitrogens with one attached hydrogen (secondary N) is 1. The van der Waals surface area contributed by atoms with E-state index in [0.717, 1.165) is 0 Å². The predicted octanol–water partition coefficient (Wildman–Crippen LogP) is 3.11. The van der Waals surface area contributed by atoms with Gasteiger partial charge in [0, 0.05) is 0 Å². The fourth-order valence-corrected chi connectivity index (χ4v) is 2.07. The van der Waals surface area contributed by atoms with Gasteiger partial charge >= 0.3 is 0 Å². The van der Waals surface area contributed by atoms with Crippen molar-refractivity contribution in [2.24, 2.45) is 0 Å². The Balaban J connectivity index is 2.30. The maximum Gasteiger partial charge on any atom is 0.260 e. The zero-order chi connectivity index (χ0) is 14.5. The lowest BCUT2D eigenvalue weighted by molar-refractivity contribution is 0.102. The Labute approximate surface area is 125 Å². The molecule has 1 N–H and O–H groups in total. The zero-order valence-corrected chi connectivity index (χ0v) is 12.6. The third-order valence-electron chi connectivity index (χ3n) is 2.60. The van der Waals surface area contributed by atoms with Crippen LogP contribution in [0.1, 0.15) is 10.4 Å². The molecule has 5 nitrogen and oxygen atoms in total. The van der Waals surface area contributed by atoms with E-state index >= 15 is 0 Å². The van der Waals surface area contributed by atoms with Gasteiger partial charge in [0.25, 0.3) is 5.91 Å². The molecule has 0 fully saturated rings. The maximum atomic E-state index is 12.3. The molecular weight excluding hydrogens is 324 g/mol. The van der Waals surface area contributed by atoms with Gasteiger partial charge in [-0.1, -0.05) is 12.1 Å². The lowest BCUT2D eigenvalue weighted by atomic mass is 10.1. The number of anilines is 1. The summed E-state index contributed by atoms with van der Waals surface area (Å²) in [5.41, 5.74) is 0.383. The lowest BCUT2D eigenvalue weighted by Gasteiger charge is -2.12. The normalized spacial score (nSPS) is 9.95. The topological polar surface area (TPSA) is 60.5 Å². The molecule has 20 heavy (non-hydrogen) atoms. The van der Waals surface area contributed by atoms with E-state index in [1.165, 1.54) is 14.2 Å². The first kappa shape index (κ1) is 14.3.